The summed E-state index contributed by atoms with van der Waals surface area (Å²) in [5.74, 6) is 0. The van der Waals surface area contributed by atoms with Gasteiger partial charge in [0, 0.05) is 13.8 Å². The Balaban J connectivity index is 2.50. The van der Waals surface area contributed by atoms with Gasteiger partial charge in [-0.1, -0.05) is 6.92 Å². The van der Waals surface area contributed by atoms with Crippen molar-refractivity contribution in [2.75, 3.05) is 31.2 Å². The number of hydrogen-bond acceptors (Lipinski definition) is 2. The van der Waals surface area contributed by atoms with Gasteiger partial charge in [0.2, 0.25) is 0 Å². The number of rotatable bonds is 6. The predicted octanol–water partition coefficient (Wildman–Crippen LogP) is 2.65. The predicted molar refractivity (Wildman–Crippen MR) is 68.9 cm³/mol. The first-order chi connectivity index (χ1) is 8.22. The Kier molecular flexibility index (Phi) is 5.44. The highest BCUT2D eigenvalue weighted by Crippen LogP contribution is 2.63. The summed E-state index contributed by atoms with van der Waals surface area (Å²) in [5, 5.41) is 0. The van der Waals surface area contributed by atoms with Gasteiger partial charge < -0.3 is 0 Å². The van der Waals surface area contributed by atoms with Crippen LogP contribution in [0.2, 0.25) is 0 Å². The topological polar surface area (TPSA) is 46.2 Å². The van der Waals surface area contributed by atoms with E-state index in [1.54, 1.807) is 4.72 Å². The average molecular weight is 306 g/mol. The van der Waals surface area contributed by atoms with E-state index in [1.165, 1.54) is 0 Å². The van der Waals surface area contributed by atoms with E-state index in [9.17, 15) is 21.6 Å². The molecule has 1 heterocycles. The summed E-state index contributed by atoms with van der Waals surface area (Å²) < 4.78 is 59.8. The average Bonchev–Trinajstić information content (AvgIpc) is 2.65. The van der Waals surface area contributed by atoms with Crippen LogP contribution in [0.4, 0.5) is 13.2 Å². The first-order valence-electron chi connectivity index (χ1n) is 6.13. The normalized spacial score (nSPS) is 20.2. The Morgan fingerprint density at radius 3 is 2.17 bits per heavy atom. The Bertz CT molecular complexity index is 364. The standard InChI is InChI=1S/C10H20F3NO2PS/c1-2-6-17(7-3-4-8-17)9-5-14-18(15,16)10(11,12)13/h14H,2-9H2,1H3/q+1. The van der Waals surface area contributed by atoms with Crippen LogP contribution in [-0.2, 0) is 10.0 Å². The molecule has 3 nitrogen and oxygen atoms in total. The lowest BCUT2D eigenvalue weighted by Gasteiger charge is -2.22. The molecule has 0 radical (unpaired) electrons. The van der Waals surface area contributed by atoms with Crippen LogP contribution in [0.25, 0.3) is 0 Å². The molecule has 0 bridgehead atoms. The highest BCUT2D eigenvalue weighted by Gasteiger charge is 2.46. The number of hydrogen-bond donors (Lipinski definition) is 1. The zero-order chi connectivity index (χ0) is 13.9. The molecular weight excluding hydrogens is 286 g/mol. The highest BCUT2D eigenvalue weighted by molar-refractivity contribution is 7.90. The molecule has 0 spiro atoms. The fourth-order valence-corrected chi connectivity index (χ4v) is 7.89. The minimum atomic E-state index is -5.20. The van der Waals surface area contributed by atoms with E-state index < -0.39 is 22.8 Å². The van der Waals surface area contributed by atoms with E-state index in [2.05, 4.69) is 6.92 Å². The van der Waals surface area contributed by atoms with Crippen LogP contribution in [0.15, 0.2) is 0 Å². The maximum atomic E-state index is 12.1. The minimum Gasteiger partial charge on any atom is -0.204 e. The Labute approximate surface area is 107 Å². The van der Waals surface area contributed by atoms with Crippen molar-refractivity contribution in [3.63, 3.8) is 0 Å². The van der Waals surface area contributed by atoms with Gasteiger partial charge in [0.1, 0.15) is 0 Å². The van der Waals surface area contributed by atoms with Gasteiger partial charge in [0.25, 0.3) is 0 Å². The van der Waals surface area contributed by atoms with Crippen molar-refractivity contribution in [1.29, 1.82) is 0 Å². The first-order valence-corrected chi connectivity index (χ1v) is 10.1. The molecule has 0 atom stereocenters. The van der Waals surface area contributed by atoms with E-state index in [0.717, 1.165) is 37.7 Å². The van der Waals surface area contributed by atoms with Crippen molar-refractivity contribution in [1.82, 2.24) is 4.72 Å². The third-order valence-electron chi connectivity index (χ3n) is 3.40. The molecule has 0 aliphatic carbocycles. The highest BCUT2D eigenvalue weighted by atomic mass is 32.2. The van der Waals surface area contributed by atoms with Gasteiger partial charge in [-0.05, 0) is 19.3 Å². The largest absolute Gasteiger partial charge is 0.511 e. The second-order valence-corrected chi connectivity index (χ2v) is 11.0. The molecule has 1 saturated heterocycles. The van der Waals surface area contributed by atoms with Crippen molar-refractivity contribution in [3.8, 4) is 0 Å². The summed E-state index contributed by atoms with van der Waals surface area (Å²) in [6.07, 6.45) is 7.19. The molecule has 0 amide bonds. The molecule has 0 saturated carbocycles. The lowest BCUT2D eigenvalue weighted by atomic mass is 10.4. The molecule has 18 heavy (non-hydrogen) atoms. The lowest BCUT2D eigenvalue weighted by molar-refractivity contribution is -0.0447. The maximum Gasteiger partial charge on any atom is 0.511 e. The zero-order valence-electron chi connectivity index (χ0n) is 10.5. The van der Waals surface area contributed by atoms with E-state index in [1.807, 2.05) is 0 Å². The summed E-state index contributed by atoms with van der Waals surface area (Å²) in [6.45, 7) is 2.00. The molecular formula is C10H20F3NO2PS+. The van der Waals surface area contributed by atoms with Crippen molar-refractivity contribution in [3.05, 3.63) is 0 Å². The summed E-state index contributed by atoms with van der Waals surface area (Å²) in [4.78, 5) is 0. The molecule has 1 fully saturated rings. The van der Waals surface area contributed by atoms with E-state index in [-0.39, 0.29) is 6.54 Å². The van der Waals surface area contributed by atoms with Gasteiger partial charge in [-0.15, -0.1) is 0 Å². The molecule has 1 rings (SSSR count). The number of alkyl halides is 3. The third-order valence-corrected chi connectivity index (χ3v) is 9.69. The molecule has 108 valence electrons. The van der Waals surface area contributed by atoms with E-state index in [0.29, 0.717) is 6.16 Å². The maximum absolute atomic E-state index is 12.1. The van der Waals surface area contributed by atoms with Gasteiger partial charge >= 0.3 is 15.5 Å². The second kappa shape index (κ2) is 6.06. The molecule has 1 aliphatic rings. The van der Waals surface area contributed by atoms with Crippen LogP contribution >= 0.6 is 7.26 Å². The fourth-order valence-electron chi connectivity index (χ4n) is 2.54. The quantitative estimate of drug-likeness (QED) is 0.767. The first kappa shape index (κ1) is 16.2. The molecule has 1 aliphatic heterocycles. The minimum absolute atomic E-state index is 0.0738. The summed E-state index contributed by atoms with van der Waals surface area (Å²) in [6, 6.07) is 0. The molecule has 0 aromatic heterocycles. The van der Waals surface area contributed by atoms with Crippen LogP contribution in [0.1, 0.15) is 26.2 Å². The van der Waals surface area contributed by atoms with Crippen molar-refractivity contribution >= 4 is 17.3 Å². The van der Waals surface area contributed by atoms with Crippen molar-refractivity contribution in [2.24, 2.45) is 0 Å². The van der Waals surface area contributed by atoms with Crippen LogP contribution in [-0.4, -0.2) is 45.1 Å². The Morgan fingerprint density at radius 1 is 1.17 bits per heavy atom. The van der Waals surface area contributed by atoms with Crippen LogP contribution in [0.3, 0.4) is 0 Å². The van der Waals surface area contributed by atoms with Gasteiger partial charge in [-0.2, -0.15) is 13.2 Å². The van der Waals surface area contributed by atoms with Crippen LogP contribution in [0, 0.1) is 0 Å². The van der Waals surface area contributed by atoms with E-state index >= 15 is 0 Å². The Morgan fingerprint density at radius 2 is 1.72 bits per heavy atom. The molecule has 1 N–H and O–H groups in total. The van der Waals surface area contributed by atoms with Crippen LogP contribution < -0.4 is 4.72 Å². The number of nitrogens with one attached hydrogen (secondary N) is 1. The fraction of sp³-hybridized carbons (Fsp3) is 1.00. The zero-order valence-corrected chi connectivity index (χ0v) is 12.2. The molecule has 0 unspecified atom stereocenters. The van der Waals surface area contributed by atoms with Gasteiger partial charge in [-0.3, -0.25) is 0 Å². The second-order valence-electron chi connectivity index (χ2n) is 4.79. The van der Waals surface area contributed by atoms with Crippen molar-refractivity contribution < 1.29 is 21.6 Å². The SMILES string of the molecule is CCC[P+]1(CCNS(=O)(=O)C(F)(F)F)CCCC1. The number of sulfonamides is 1. The van der Waals surface area contributed by atoms with Gasteiger partial charge in [0.05, 0.1) is 24.6 Å². The lowest BCUT2D eigenvalue weighted by Crippen LogP contribution is -2.38. The Hall–Kier alpha value is 0.130. The molecule has 0 aromatic rings. The number of halogens is 3. The van der Waals surface area contributed by atoms with Gasteiger partial charge in [0.15, 0.2) is 0 Å². The smallest absolute Gasteiger partial charge is 0.204 e. The molecule has 8 heteroatoms. The van der Waals surface area contributed by atoms with E-state index in [4.69, 9.17) is 0 Å². The van der Waals surface area contributed by atoms with Crippen LogP contribution in [0.5, 0.6) is 0 Å². The van der Waals surface area contributed by atoms with Crippen molar-refractivity contribution in [2.45, 2.75) is 31.7 Å². The monoisotopic (exact) mass is 306 g/mol. The molecule has 0 aromatic carbocycles. The summed E-state index contributed by atoms with van der Waals surface area (Å²) in [5.41, 5.74) is -5.20. The summed E-state index contributed by atoms with van der Waals surface area (Å²) in [7, 11) is -6.34. The van der Waals surface area contributed by atoms with Gasteiger partial charge in [-0.25, -0.2) is 13.1 Å². The summed E-state index contributed by atoms with van der Waals surface area (Å²) >= 11 is 0. The third kappa shape index (κ3) is 4.07.